The minimum Gasteiger partial charge on any atom is -0.366 e. The number of hydrogen-bond acceptors (Lipinski definition) is 3. The first-order chi connectivity index (χ1) is 10.0. The first kappa shape index (κ1) is 15.1. The van der Waals surface area contributed by atoms with E-state index in [9.17, 15) is 0 Å². The van der Waals surface area contributed by atoms with Gasteiger partial charge in [0.1, 0.15) is 0 Å². The fraction of sp³-hybridized carbons (Fsp3) is 0.278. The highest BCUT2D eigenvalue weighted by atomic mass is 15.1. The monoisotopic (exact) mass is 279 g/mol. The predicted molar refractivity (Wildman–Crippen MR) is 87.1 cm³/mol. The SMILES string of the molecule is Cc1ccc(C(C(C)N)N(C)c2ccc(C#N)cc2)cc1. The number of likely N-dealkylation sites (N-methyl/N-ethyl adjacent to an activating group) is 1. The van der Waals surface area contributed by atoms with Crippen molar-refractivity contribution in [3.8, 4) is 6.07 Å². The van der Waals surface area contributed by atoms with Gasteiger partial charge in [-0.3, -0.25) is 0 Å². The van der Waals surface area contributed by atoms with Gasteiger partial charge in [-0.15, -0.1) is 0 Å². The summed E-state index contributed by atoms with van der Waals surface area (Å²) >= 11 is 0. The second-order valence-electron chi connectivity index (χ2n) is 5.48. The highest BCUT2D eigenvalue weighted by Crippen LogP contribution is 2.28. The van der Waals surface area contributed by atoms with Crippen LogP contribution in [0.5, 0.6) is 0 Å². The Hall–Kier alpha value is -2.31. The molecule has 2 aromatic rings. The third-order valence-corrected chi connectivity index (χ3v) is 3.74. The molecule has 0 bridgehead atoms. The van der Waals surface area contributed by atoms with E-state index in [1.54, 1.807) is 0 Å². The van der Waals surface area contributed by atoms with E-state index in [4.69, 9.17) is 11.0 Å². The van der Waals surface area contributed by atoms with E-state index in [2.05, 4.69) is 42.2 Å². The molecule has 0 spiro atoms. The smallest absolute Gasteiger partial charge is 0.0991 e. The number of aryl methyl sites for hydroxylation is 1. The number of nitriles is 1. The maximum Gasteiger partial charge on any atom is 0.0991 e. The lowest BCUT2D eigenvalue weighted by Crippen LogP contribution is -2.37. The molecule has 0 aliphatic rings. The van der Waals surface area contributed by atoms with Crippen molar-refractivity contribution in [1.82, 2.24) is 0 Å². The van der Waals surface area contributed by atoms with E-state index in [0.717, 1.165) is 5.69 Å². The summed E-state index contributed by atoms with van der Waals surface area (Å²) in [5, 5.41) is 8.88. The highest BCUT2D eigenvalue weighted by Gasteiger charge is 2.21. The Kier molecular flexibility index (Phi) is 4.62. The largest absolute Gasteiger partial charge is 0.366 e. The zero-order chi connectivity index (χ0) is 15.4. The lowest BCUT2D eigenvalue weighted by Gasteiger charge is -2.33. The van der Waals surface area contributed by atoms with Gasteiger partial charge in [-0.1, -0.05) is 29.8 Å². The van der Waals surface area contributed by atoms with Gasteiger partial charge in [-0.05, 0) is 43.7 Å². The molecule has 0 radical (unpaired) electrons. The summed E-state index contributed by atoms with van der Waals surface area (Å²) in [4.78, 5) is 2.16. The van der Waals surface area contributed by atoms with Crippen molar-refractivity contribution < 1.29 is 0 Å². The molecule has 3 nitrogen and oxygen atoms in total. The summed E-state index contributed by atoms with van der Waals surface area (Å²) in [5.41, 5.74) is 10.4. The first-order valence-corrected chi connectivity index (χ1v) is 7.08. The molecule has 0 heterocycles. The van der Waals surface area contributed by atoms with Crippen LogP contribution < -0.4 is 10.6 Å². The predicted octanol–water partition coefficient (Wildman–Crippen LogP) is 3.39. The van der Waals surface area contributed by atoms with Crippen molar-refractivity contribution in [2.24, 2.45) is 5.73 Å². The van der Waals surface area contributed by atoms with E-state index in [1.165, 1.54) is 11.1 Å². The summed E-state index contributed by atoms with van der Waals surface area (Å²) in [7, 11) is 2.04. The molecule has 2 atom stereocenters. The summed E-state index contributed by atoms with van der Waals surface area (Å²) in [6, 6.07) is 18.3. The highest BCUT2D eigenvalue weighted by molar-refractivity contribution is 5.51. The molecular weight excluding hydrogens is 258 g/mol. The van der Waals surface area contributed by atoms with Gasteiger partial charge < -0.3 is 10.6 Å². The van der Waals surface area contributed by atoms with Crippen LogP contribution in [-0.2, 0) is 0 Å². The fourth-order valence-corrected chi connectivity index (χ4v) is 2.58. The lowest BCUT2D eigenvalue weighted by atomic mass is 9.98. The number of nitrogens with zero attached hydrogens (tertiary/aromatic N) is 2. The Bertz CT molecular complexity index is 621. The van der Waals surface area contributed by atoms with E-state index in [0.29, 0.717) is 5.56 Å². The van der Waals surface area contributed by atoms with Crippen molar-refractivity contribution in [2.45, 2.75) is 25.9 Å². The third-order valence-electron chi connectivity index (χ3n) is 3.74. The molecule has 0 saturated carbocycles. The average molecular weight is 279 g/mol. The lowest BCUT2D eigenvalue weighted by molar-refractivity contribution is 0.558. The van der Waals surface area contributed by atoms with E-state index >= 15 is 0 Å². The average Bonchev–Trinajstić information content (AvgIpc) is 2.49. The van der Waals surface area contributed by atoms with Crippen molar-refractivity contribution in [3.63, 3.8) is 0 Å². The maximum absolute atomic E-state index is 8.88. The molecule has 0 fully saturated rings. The summed E-state index contributed by atoms with van der Waals surface area (Å²) in [5.74, 6) is 0. The standard InChI is InChI=1S/C18H21N3/c1-13-4-8-16(9-5-13)18(14(2)20)21(3)17-10-6-15(12-19)7-11-17/h4-11,14,18H,20H2,1-3H3. The van der Waals surface area contributed by atoms with Crippen LogP contribution >= 0.6 is 0 Å². The Morgan fingerprint density at radius 3 is 2.10 bits per heavy atom. The number of anilines is 1. The Balaban J connectivity index is 2.33. The van der Waals surface area contributed by atoms with Gasteiger partial charge >= 0.3 is 0 Å². The van der Waals surface area contributed by atoms with Gasteiger partial charge in [0.15, 0.2) is 0 Å². The van der Waals surface area contributed by atoms with Crippen molar-refractivity contribution >= 4 is 5.69 Å². The molecule has 0 saturated heterocycles. The molecule has 3 heteroatoms. The minimum atomic E-state index is -0.00616. The Labute approximate surface area is 126 Å². The van der Waals surface area contributed by atoms with Crippen LogP contribution in [0.15, 0.2) is 48.5 Å². The summed E-state index contributed by atoms with van der Waals surface area (Å²) in [6.07, 6.45) is 0. The normalized spacial score (nSPS) is 13.3. The first-order valence-electron chi connectivity index (χ1n) is 7.08. The van der Waals surface area contributed by atoms with Gasteiger partial charge in [0.25, 0.3) is 0 Å². The third kappa shape index (κ3) is 3.42. The van der Waals surface area contributed by atoms with Crippen molar-refractivity contribution in [3.05, 3.63) is 65.2 Å². The van der Waals surface area contributed by atoms with Crippen LogP contribution in [0.4, 0.5) is 5.69 Å². The molecule has 2 unspecified atom stereocenters. The van der Waals surface area contributed by atoms with Crippen LogP contribution in [0.2, 0.25) is 0 Å². The molecule has 0 amide bonds. The van der Waals surface area contributed by atoms with Gasteiger partial charge in [-0.2, -0.15) is 5.26 Å². The maximum atomic E-state index is 8.88. The van der Waals surface area contributed by atoms with E-state index in [-0.39, 0.29) is 12.1 Å². The topological polar surface area (TPSA) is 53.0 Å². The molecular formula is C18H21N3. The quantitative estimate of drug-likeness (QED) is 0.933. The van der Waals surface area contributed by atoms with E-state index < -0.39 is 0 Å². The molecule has 21 heavy (non-hydrogen) atoms. The van der Waals surface area contributed by atoms with E-state index in [1.807, 2.05) is 38.2 Å². The van der Waals surface area contributed by atoms with Gasteiger partial charge in [0.05, 0.1) is 17.7 Å². The minimum absolute atomic E-state index is 0.00616. The Morgan fingerprint density at radius 2 is 1.62 bits per heavy atom. The summed E-state index contributed by atoms with van der Waals surface area (Å²) in [6.45, 7) is 4.10. The fourth-order valence-electron chi connectivity index (χ4n) is 2.58. The zero-order valence-corrected chi connectivity index (χ0v) is 12.7. The van der Waals surface area contributed by atoms with Crippen LogP contribution in [0.3, 0.4) is 0 Å². The van der Waals surface area contributed by atoms with Crippen LogP contribution in [0.1, 0.15) is 29.7 Å². The molecule has 2 N–H and O–H groups in total. The number of nitrogens with two attached hydrogens (primary N) is 1. The second kappa shape index (κ2) is 6.43. The van der Waals surface area contributed by atoms with Crippen LogP contribution in [0.25, 0.3) is 0 Å². The van der Waals surface area contributed by atoms with Crippen LogP contribution in [0, 0.1) is 18.3 Å². The molecule has 2 aromatic carbocycles. The zero-order valence-electron chi connectivity index (χ0n) is 12.7. The number of rotatable bonds is 4. The van der Waals surface area contributed by atoms with Gasteiger partial charge in [0.2, 0.25) is 0 Å². The number of benzene rings is 2. The molecule has 108 valence electrons. The van der Waals surface area contributed by atoms with Crippen molar-refractivity contribution in [1.29, 1.82) is 5.26 Å². The molecule has 0 aliphatic carbocycles. The number of hydrogen-bond donors (Lipinski definition) is 1. The summed E-state index contributed by atoms with van der Waals surface area (Å²) < 4.78 is 0. The molecule has 2 rings (SSSR count). The van der Waals surface area contributed by atoms with Crippen LogP contribution in [-0.4, -0.2) is 13.1 Å². The van der Waals surface area contributed by atoms with Gasteiger partial charge in [0, 0.05) is 18.8 Å². The Morgan fingerprint density at radius 1 is 1.05 bits per heavy atom. The van der Waals surface area contributed by atoms with Crippen molar-refractivity contribution in [2.75, 3.05) is 11.9 Å². The molecule has 0 aromatic heterocycles. The van der Waals surface area contributed by atoms with Gasteiger partial charge in [-0.25, -0.2) is 0 Å². The second-order valence-corrected chi connectivity index (χ2v) is 5.48. The molecule has 0 aliphatic heterocycles.